The maximum atomic E-state index is 11.7. The molecule has 0 aliphatic heterocycles. The van der Waals surface area contributed by atoms with E-state index in [0.717, 1.165) is 12.8 Å². The highest BCUT2D eigenvalue weighted by molar-refractivity contribution is 5.89. The van der Waals surface area contributed by atoms with Crippen LogP contribution in [0.3, 0.4) is 0 Å². The fourth-order valence-electron chi connectivity index (χ4n) is 1.36. The molecule has 0 aliphatic carbocycles. The number of hydrogen-bond donors (Lipinski definition) is 3. The Morgan fingerprint density at radius 2 is 2.24 bits per heavy atom. The molecule has 0 radical (unpaired) electrons. The van der Waals surface area contributed by atoms with Crippen molar-refractivity contribution in [3.05, 3.63) is 11.8 Å². The summed E-state index contributed by atoms with van der Waals surface area (Å²) in [5.41, 5.74) is 6.38. The molecule has 100 valence electrons. The number of nitrogens with two attached hydrogens (primary N) is 1. The minimum Gasteiger partial charge on any atom is -0.463 e. The molecule has 0 aliphatic rings. The molecule has 1 atom stereocenters. The normalized spacial score (nSPS) is 13.3. The third-order valence-corrected chi connectivity index (χ3v) is 2.25. The molecule has 0 saturated carbocycles. The first-order valence-corrected chi connectivity index (χ1v) is 6.14. The van der Waals surface area contributed by atoms with E-state index in [1.54, 1.807) is 13.1 Å². The molecular weight excluding hydrogens is 220 g/mol. The molecule has 0 spiro atoms. The van der Waals surface area contributed by atoms with Crippen molar-refractivity contribution in [1.29, 1.82) is 0 Å². The van der Waals surface area contributed by atoms with Gasteiger partial charge in [0, 0.05) is 25.4 Å². The summed E-state index contributed by atoms with van der Waals surface area (Å²) in [6.45, 7) is 4.85. The summed E-state index contributed by atoms with van der Waals surface area (Å²) >= 11 is 0. The van der Waals surface area contributed by atoms with E-state index in [4.69, 9.17) is 15.6 Å². The zero-order valence-corrected chi connectivity index (χ0v) is 10.7. The average Bonchev–Trinajstić information content (AvgIpc) is 2.29. The number of nitrogens with one attached hydrogen (secondary N) is 1. The lowest BCUT2D eigenvalue weighted by molar-refractivity contribution is -0.138. The highest BCUT2D eigenvalue weighted by atomic mass is 16.5. The molecule has 4 N–H and O–H groups in total. The maximum Gasteiger partial charge on any atom is 0.337 e. The van der Waals surface area contributed by atoms with Gasteiger partial charge in [0.2, 0.25) is 0 Å². The molecule has 0 fully saturated rings. The van der Waals surface area contributed by atoms with Gasteiger partial charge in [-0.25, -0.2) is 4.79 Å². The first kappa shape index (κ1) is 15.9. The highest BCUT2D eigenvalue weighted by Crippen LogP contribution is 2.08. The number of carbonyl (C=O) groups excluding carboxylic acids is 1. The van der Waals surface area contributed by atoms with Gasteiger partial charge in [-0.3, -0.25) is 0 Å². The van der Waals surface area contributed by atoms with Crippen LogP contribution in [0.5, 0.6) is 0 Å². The summed E-state index contributed by atoms with van der Waals surface area (Å²) in [6.07, 6.45) is 3.89. The predicted molar refractivity (Wildman–Crippen MR) is 67.3 cm³/mol. The Morgan fingerprint density at radius 1 is 1.53 bits per heavy atom. The number of esters is 1. The molecule has 0 rings (SSSR count). The molecule has 17 heavy (non-hydrogen) atoms. The number of aliphatic hydroxyl groups excluding tert-OH is 1. The van der Waals surface area contributed by atoms with Crippen LogP contribution in [-0.2, 0) is 9.53 Å². The van der Waals surface area contributed by atoms with Gasteiger partial charge in [-0.05, 0) is 19.8 Å². The van der Waals surface area contributed by atoms with E-state index in [1.165, 1.54) is 0 Å². The van der Waals surface area contributed by atoms with Crippen molar-refractivity contribution in [2.45, 2.75) is 39.2 Å². The Bertz CT molecular complexity index is 242. The minimum atomic E-state index is -0.370. The van der Waals surface area contributed by atoms with Crippen molar-refractivity contribution in [3.63, 3.8) is 0 Å². The standard InChI is InChI=1S/C12H24N2O3/c1-3-6-11(13)10(12(16)17-4-2)9-14-7-5-8-15/h9,11,14-15H,3-8,13H2,1-2H3/b10-9+. The summed E-state index contributed by atoms with van der Waals surface area (Å²) in [6, 6.07) is -0.305. The van der Waals surface area contributed by atoms with Crippen molar-refractivity contribution in [2.24, 2.45) is 5.73 Å². The van der Waals surface area contributed by atoms with Gasteiger partial charge in [0.15, 0.2) is 0 Å². The summed E-state index contributed by atoms with van der Waals surface area (Å²) < 4.78 is 4.95. The minimum absolute atomic E-state index is 0.122. The fourth-order valence-corrected chi connectivity index (χ4v) is 1.36. The summed E-state index contributed by atoms with van der Waals surface area (Å²) in [5.74, 6) is -0.370. The molecule has 0 aromatic heterocycles. The molecule has 5 heteroatoms. The Labute approximate surface area is 103 Å². The van der Waals surface area contributed by atoms with Crippen LogP contribution in [-0.4, -0.2) is 36.9 Å². The summed E-state index contributed by atoms with van der Waals surface area (Å²) in [7, 11) is 0. The van der Waals surface area contributed by atoms with Crippen LogP contribution in [0.15, 0.2) is 11.8 Å². The molecular formula is C12H24N2O3. The Kier molecular flexibility index (Phi) is 9.47. The Hall–Kier alpha value is -1.07. The van der Waals surface area contributed by atoms with Crippen molar-refractivity contribution >= 4 is 5.97 Å². The van der Waals surface area contributed by atoms with Crippen molar-refractivity contribution < 1.29 is 14.6 Å². The van der Waals surface area contributed by atoms with Crippen molar-refractivity contribution in [1.82, 2.24) is 5.32 Å². The van der Waals surface area contributed by atoms with E-state index in [2.05, 4.69) is 5.32 Å². The van der Waals surface area contributed by atoms with Crippen LogP contribution in [0.4, 0.5) is 0 Å². The van der Waals surface area contributed by atoms with Gasteiger partial charge in [-0.15, -0.1) is 0 Å². The number of aliphatic hydroxyl groups is 1. The number of ether oxygens (including phenoxy) is 1. The van der Waals surface area contributed by atoms with Crippen molar-refractivity contribution in [2.75, 3.05) is 19.8 Å². The second kappa shape index (κ2) is 10.1. The van der Waals surface area contributed by atoms with E-state index < -0.39 is 0 Å². The summed E-state index contributed by atoms with van der Waals surface area (Å²) in [5, 5.41) is 11.6. The smallest absolute Gasteiger partial charge is 0.337 e. The lowest BCUT2D eigenvalue weighted by atomic mass is 10.0. The first-order valence-electron chi connectivity index (χ1n) is 6.14. The van der Waals surface area contributed by atoms with Gasteiger partial charge in [-0.2, -0.15) is 0 Å². The number of carbonyl (C=O) groups is 1. The van der Waals surface area contributed by atoms with Crippen molar-refractivity contribution in [3.8, 4) is 0 Å². The largest absolute Gasteiger partial charge is 0.463 e. The van der Waals surface area contributed by atoms with Crippen LogP contribution in [0.1, 0.15) is 33.1 Å². The topological polar surface area (TPSA) is 84.6 Å². The van der Waals surface area contributed by atoms with E-state index in [0.29, 0.717) is 25.1 Å². The van der Waals surface area contributed by atoms with Gasteiger partial charge < -0.3 is 20.9 Å². The molecule has 1 unspecified atom stereocenters. The van der Waals surface area contributed by atoms with Gasteiger partial charge >= 0.3 is 5.97 Å². The maximum absolute atomic E-state index is 11.7. The molecule has 5 nitrogen and oxygen atoms in total. The molecule has 0 heterocycles. The zero-order chi connectivity index (χ0) is 13.1. The van der Waals surface area contributed by atoms with Crippen LogP contribution in [0, 0.1) is 0 Å². The fraction of sp³-hybridized carbons (Fsp3) is 0.750. The molecule has 0 aromatic rings. The van der Waals surface area contributed by atoms with E-state index in [1.807, 2.05) is 6.92 Å². The van der Waals surface area contributed by atoms with Crippen LogP contribution in [0.2, 0.25) is 0 Å². The lowest BCUT2D eigenvalue weighted by Crippen LogP contribution is -2.30. The van der Waals surface area contributed by atoms with E-state index in [9.17, 15) is 4.79 Å². The Balaban J connectivity index is 4.42. The zero-order valence-electron chi connectivity index (χ0n) is 10.7. The first-order chi connectivity index (χ1) is 8.17. The SMILES string of the molecule is CCCC(N)/C(=C\NCCCO)C(=O)OCC. The molecule has 0 amide bonds. The second-order valence-electron chi connectivity index (χ2n) is 3.75. The highest BCUT2D eigenvalue weighted by Gasteiger charge is 2.17. The lowest BCUT2D eigenvalue weighted by Gasteiger charge is -2.14. The number of hydrogen-bond acceptors (Lipinski definition) is 5. The van der Waals surface area contributed by atoms with Gasteiger partial charge in [0.05, 0.1) is 12.2 Å². The molecule has 0 bridgehead atoms. The van der Waals surface area contributed by atoms with Crippen LogP contribution in [0.25, 0.3) is 0 Å². The third kappa shape index (κ3) is 6.97. The second-order valence-corrected chi connectivity index (χ2v) is 3.75. The predicted octanol–water partition coefficient (Wildman–Crippen LogP) is 0.533. The van der Waals surface area contributed by atoms with Gasteiger partial charge in [0.25, 0.3) is 0 Å². The number of rotatable bonds is 9. The summed E-state index contributed by atoms with van der Waals surface area (Å²) in [4.78, 5) is 11.7. The quantitative estimate of drug-likeness (QED) is 0.313. The molecule has 0 saturated heterocycles. The van der Waals surface area contributed by atoms with E-state index in [-0.39, 0.29) is 18.6 Å². The van der Waals surface area contributed by atoms with Crippen LogP contribution >= 0.6 is 0 Å². The molecule has 0 aromatic carbocycles. The average molecular weight is 244 g/mol. The third-order valence-electron chi connectivity index (χ3n) is 2.25. The Morgan fingerprint density at radius 3 is 2.76 bits per heavy atom. The monoisotopic (exact) mass is 244 g/mol. The van der Waals surface area contributed by atoms with Crippen LogP contribution < -0.4 is 11.1 Å². The van der Waals surface area contributed by atoms with E-state index >= 15 is 0 Å². The van der Waals surface area contributed by atoms with Gasteiger partial charge in [-0.1, -0.05) is 13.3 Å². The van der Waals surface area contributed by atoms with Gasteiger partial charge in [0.1, 0.15) is 0 Å².